The van der Waals surface area contributed by atoms with Crippen LogP contribution >= 0.6 is 0 Å². The lowest BCUT2D eigenvalue weighted by Crippen LogP contribution is -2.37. The lowest BCUT2D eigenvalue weighted by molar-refractivity contribution is 0.0889. The third-order valence-corrected chi connectivity index (χ3v) is 6.67. The first-order valence-corrected chi connectivity index (χ1v) is 12.7. The fourth-order valence-electron chi connectivity index (χ4n) is 4.73. The van der Waals surface area contributed by atoms with Crippen LogP contribution in [0.25, 0.3) is 33.2 Å². The number of rotatable bonds is 7. The molecule has 7 nitrogen and oxygen atoms in total. The molecule has 0 bridgehead atoms. The molecule has 0 aliphatic heterocycles. The van der Waals surface area contributed by atoms with Gasteiger partial charge in [-0.1, -0.05) is 60.7 Å². The van der Waals surface area contributed by atoms with E-state index in [1.807, 2.05) is 97.9 Å². The Morgan fingerprint density at radius 1 is 0.821 bits per heavy atom. The van der Waals surface area contributed by atoms with E-state index >= 15 is 0 Å². The number of carbonyl (C=O) groups is 1. The van der Waals surface area contributed by atoms with E-state index in [1.165, 1.54) is 0 Å². The molecule has 6 aromatic rings. The van der Waals surface area contributed by atoms with E-state index in [1.54, 1.807) is 18.5 Å². The third kappa shape index (κ3) is 4.95. The first-order chi connectivity index (χ1) is 19.1. The average molecular weight is 514 g/mol. The Labute approximate surface area is 226 Å². The zero-order valence-electron chi connectivity index (χ0n) is 21.6. The highest BCUT2D eigenvalue weighted by atomic mass is 16.3. The summed E-state index contributed by atoms with van der Waals surface area (Å²) < 4.78 is 6.19. The molecule has 0 saturated carbocycles. The number of hydrogen-bond donors (Lipinski definition) is 2. The second-order valence-corrected chi connectivity index (χ2v) is 9.52. The lowest BCUT2D eigenvalue weighted by Gasteiger charge is -2.26. The van der Waals surface area contributed by atoms with Gasteiger partial charge in [0, 0.05) is 33.7 Å². The van der Waals surface area contributed by atoms with Crippen LogP contribution in [0.5, 0.6) is 0 Å². The van der Waals surface area contributed by atoms with Crippen LogP contribution in [0.2, 0.25) is 0 Å². The van der Waals surface area contributed by atoms with Crippen molar-refractivity contribution in [2.75, 3.05) is 19.4 Å². The second kappa shape index (κ2) is 10.4. The molecule has 2 heterocycles. The molecule has 7 heteroatoms. The van der Waals surface area contributed by atoms with Crippen molar-refractivity contribution in [2.45, 2.75) is 6.17 Å². The first kappa shape index (κ1) is 24.3. The monoisotopic (exact) mass is 513 g/mol. The summed E-state index contributed by atoms with van der Waals surface area (Å²) in [5.74, 6) is 0.548. The van der Waals surface area contributed by atoms with Crippen LogP contribution in [0.1, 0.15) is 22.1 Å². The fraction of sp³-hybridized carbons (Fsp3) is 0.0938. The molecule has 0 spiro atoms. The van der Waals surface area contributed by atoms with Crippen molar-refractivity contribution in [3.8, 4) is 11.3 Å². The van der Waals surface area contributed by atoms with Gasteiger partial charge in [0.25, 0.3) is 5.91 Å². The van der Waals surface area contributed by atoms with E-state index in [0.717, 1.165) is 44.4 Å². The van der Waals surface area contributed by atoms with Crippen molar-refractivity contribution in [3.05, 3.63) is 121 Å². The Morgan fingerprint density at radius 3 is 2.36 bits per heavy atom. The maximum absolute atomic E-state index is 12.8. The van der Waals surface area contributed by atoms with Crippen molar-refractivity contribution < 1.29 is 9.21 Å². The molecule has 39 heavy (non-hydrogen) atoms. The summed E-state index contributed by atoms with van der Waals surface area (Å²) in [6.45, 7) is 0. The Balaban J connectivity index is 1.23. The largest absolute Gasteiger partial charge is 0.455 e. The normalized spacial score (nSPS) is 12.1. The number of benzene rings is 4. The molecule has 192 valence electrons. The van der Waals surface area contributed by atoms with Gasteiger partial charge in [0.1, 0.15) is 29.5 Å². The van der Waals surface area contributed by atoms with E-state index in [-0.39, 0.29) is 12.1 Å². The number of anilines is 2. The summed E-state index contributed by atoms with van der Waals surface area (Å²) in [6, 6.07) is 33.2. The Kier molecular flexibility index (Phi) is 6.49. The zero-order valence-corrected chi connectivity index (χ0v) is 21.6. The van der Waals surface area contributed by atoms with Gasteiger partial charge in [-0.25, -0.2) is 9.97 Å². The number of nitrogens with zero attached hydrogens (tertiary/aromatic N) is 3. The number of aromatic nitrogens is 2. The van der Waals surface area contributed by atoms with Gasteiger partial charge >= 0.3 is 0 Å². The molecule has 1 amide bonds. The Bertz CT molecular complexity index is 1760. The van der Waals surface area contributed by atoms with Crippen molar-refractivity contribution in [2.24, 2.45) is 0 Å². The number of para-hydroxylation sites is 2. The highest BCUT2D eigenvalue weighted by molar-refractivity contribution is 6.09. The lowest BCUT2D eigenvalue weighted by atomic mass is 10.1. The molecule has 1 unspecified atom stereocenters. The molecule has 0 saturated heterocycles. The number of carbonyl (C=O) groups excluding carboxylic acids is 1. The zero-order chi connectivity index (χ0) is 26.8. The van der Waals surface area contributed by atoms with E-state index in [0.29, 0.717) is 11.4 Å². The molecule has 0 fully saturated rings. The summed E-state index contributed by atoms with van der Waals surface area (Å²) in [7, 11) is 3.88. The number of fused-ring (bicyclic) bond motifs is 3. The van der Waals surface area contributed by atoms with Gasteiger partial charge in [0.05, 0.1) is 5.69 Å². The minimum atomic E-state index is -0.276. The van der Waals surface area contributed by atoms with Crippen LogP contribution in [-0.2, 0) is 0 Å². The summed E-state index contributed by atoms with van der Waals surface area (Å²) in [4.78, 5) is 23.7. The standard InChI is InChI=1S/C32H27N5O2/c1-37(2)31(36-32(38)22-9-4-3-5-10-22)21-15-17-23(18-16-21)35-29-19-27(33-20-34-29)26-13-8-12-25-24-11-6-7-14-28(24)39-30(25)26/h3-20,31H,1-2H3,(H,36,38)(H,33,34,35). The number of furan rings is 1. The molecule has 0 aliphatic carbocycles. The summed E-state index contributed by atoms with van der Waals surface area (Å²) in [5, 5.41) is 8.61. The van der Waals surface area contributed by atoms with Gasteiger partial charge < -0.3 is 15.1 Å². The van der Waals surface area contributed by atoms with Crippen LogP contribution in [-0.4, -0.2) is 34.9 Å². The van der Waals surface area contributed by atoms with Crippen LogP contribution in [0.3, 0.4) is 0 Å². The maximum atomic E-state index is 12.8. The topological polar surface area (TPSA) is 83.3 Å². The average Bonchev–Trinajstić information content (AvgIpc) is 3.36. The Hall–Kier alpha value is -5.01. The van der Waals surface area contributed by atoms with E-state index in [9.17, 15) is 4.79 Å². The van der Waals surface area contributed by atoms with Crippen molar-refractivity contribution in [3.63, 3.8) is 0 Å². The maximum Gasteiger partial charge on any atom is 0.252 e. The van der Waals surface area contributed by atoms with Gasteiger partial charge in [-0.3, -0.25) is 9.69 Å². The minimum absolute atomic E-state index is 0.121. The Morgan fingerprint density at radius 2 is 1.56 bits per heavy atom. The summed E-state index contributed by atoms with van der Waals surface area (Å²) in [5.41, 5.74) is 5.80. The van der Waals surface area contributed by atoms with E-state index in [2.05, 4.69) is 32.7 Å². The van der Waals surface area contributed by atoms with Crippen LogP contribution in [0.15, 0.2) is 114 Å². The molecule has 4 aromatic carbocycles. The summed E-state index contributed by atoms with van der Waals surface area (Å²) >= 11 is 0. The van der Waals surface area contributed by atoms with Crippen LogP contribution in [0.4, 0.5) is 11.5 Å². The van der Waals surface area contributed by atoms with Crippen LogP contribution in [0, 0.1) is 0 Å². The van der Waals surface area contributed by atoms with Gasteiger partial charge in [0.15, 0.2) is 0 Å². The van der Waals surface area contributed by atoms with Gasteiger partial charge in [0.2, 0.25) is 0 Å². The molecule has 0 radical (unpaired) electrons. The molecule has 6 rings (SSSR count). The number of amides is 1. The number of hydrogen-bond acceptors (Lipinski definition) is 6. The molecule has 1 atom stereocenters. The van der Waals surface area contributed by atoms with Crippen molar-refractivity contribution in [1.82, 2.24) is 20.2 Å². The predicted octanol–water partition coefficient (Wildman–Crippen LogP) is 6.78. The quantitative estimate of drug-likeness (QED) is 0.229. The summed E-state index contributed by atoms with van der Waals surface area (Å²) in [6.07, 6.45) is 1.27. The smallest absolute Gasteiger partial charge is 0.252 e. The van der Waals surface area contributed by atoms with Gasteiger partial charge in [-0.2, -0.15) is 0 Å². The highest BCUT2D eigenvalue weighted by Gasteiger charge is 2.18. The van der Waals surface area contributed by atoms with Gasteiger partial charge in [-0.15, -0.1) is 0 Å². The second-order valence-electron chi connectivity index (χ2n) is 9.52. The molecule has 0 aliphatic rings. The SMILES string of the molecule is CN(C)C(NC(=O)c1ccccc1)c1ccc(Nc2cc(-c3cccc4c3oc3ccccc34)ncn2)cc1. The first-order valence-electron chi connectivity index (χ1n) is 12.7. The molecule has 2 aromatic heterocycles. The molecular formula is C32H27N5O2. The van der Waals surface area contributed by atoms with Crippen LogP contribution < -0.4 is 10.6 Å². The van der Waals surface area contributed by atoms with E-state index in [4.69, 9.17) is 4.42 Å². The molecule has 2 N–H and O–H groups in total. The highest BCUT2D eigenvalue weighted by Crippen LogP contribution is 2.35. The predicted molar refractivity (Wildman–Crippen MR) is 155 cm³/mol. The number of nitrogens with one attached hydrogen (secondary N) is 2. The van der Waals surface area contributed by atoms with E-state index < -0.39 is 0 Å². The minimum Gasteiger partial charge on any atom is -0.455 e. The van der Waals surface area contributed by atoms with Crippen molar-refractivity contribution >= 4 is 39.4 Å². The van der Waals surface area contributed by atoms with Gasteiger partial charge in [-0.05, 0) is 56.1 Å². The fourth-order valence-corrected chi connectivity index (χ4v) is 4.73. The molecular weight excluding hydrogens is 486 g/mol. The third-order valence-electron chi connectivity index (χ3n) is 6.67. The van der Waals surface area contributed by atoms with Crippen molar-refractivity contribution in [1.29, 1.82) is 0 Å².